The van der Waals surface area contributed by atoms with E-state index in [0.717, 1.165) is 0 Å². The van der Waals surface area contributed by atoms with Gasteiger partial charge in [0.25, 0.3) is 0 Å². The lowest BCUT2D eigenvalue weighted by atomic mass is 10.0. The predicted octanol–water partition coefficient (Wildman–Crippen LogP) is 1.74. The molecule has 17 heavy (non-hydrogen) atoms. The van der Waals surface area contributed by atoms with E-state index in [1.807, 2.05) is 0 Å². The highest BCUT2D eigenvalue weighted by Crippen LogP contribution is 2.26. The van der Waals surface area contributed by atoms with Crippen LogP contribution < -0.4 is 0 Å². The molecular formula is C9H13N3O5. The molecule has 1 rings (SSSR count). The largest absolute Gasteiger partial charge is 0.354 e. The maximum absolute atomic E-state index is 10.8. The summed E-state index contributed by atoms with van der Waals surface area (Å²) in [5.74, 6) is -0.169. The maximum Gasteiger partial charge on any atom is 0.334 e. The van der Waals surface area contributed by atoms with Crippen LogP contribution in [-0.2, 0) is 6.42 Å². The van der Waals surface area contributed by atoms with Crippen LogP contribution in [0.15, 0.2) is 4.52 Å². The molecule has 1 aromatic heterocycles. The summed E-state index contributed by atoms with van der Waals surface area (Å²) in [6, 6.07) is 0. The first-order valence-electron chi connectivity index (χ1n) is 5.17. The first kappa shape index (κ1) is 13.1. The zero-order valence-corrected chi connectivity index (χ0v) is 9.58. The molecule has 0 N–H and O–H groups in total. The fraction of sp³-hybridized carbons (Fsp3) is 0.667. The van der Waals surface area contributed by atoms with E-state index >= 15 is 0 Å². The van der Waals surface area contributed by atoms with Gasteiger partial charge in [-0.05, 0) is 13.3 Å². The molecule has 0 bridgehead atoms. The molecule has 8 nitrogen and oxygen atoms in total. The van der Waals surface area contributed by atoms with Crippen LogP contribution in [0.25, 0.3) is 0 Å². The zero-order valence-electron chi connectivity index (χ0n) is 9.58. The summed E-state index contributed by atoms with van der Waals surface area (Å²) in [4.78, 5) is 20.2. The monoisotopic (exact) mass is 243 g/mol. The van der Waals surface area contributed by atoms with E-state index in [-0.39, 0.29) is 36.0 Å². The molecule has 1 unspecified atom stereocenters. The summed E-state index contributed by atoms with van der Waals surface area (Å²) < 4.78 is 4.86. The average Bonchev–Trinajstić information content (AvgIpc) is 2.58. The quantitative estimate of drug-likeness (QED) is 0.555. The highest BCUT2D eigenvalue weighted by molar-refractivity contribution is 5.37. The predicted molar refractivity (Wildman–Crippen MR) is 57.2 cm³/mol. The molecule has 0 fully saturated rings. The Hall–Kier alpha value is -1.99. The Morgan fingerprint density at radius 3 is 2.53 bits per heavy atom. The summed E-state index contributed by atoms with van der Waals surface area (Å²) in [6.45, 7) is 3.04. The Balaban J connectivity index is 2.86. The lowest BCUT2D eigenvalue weighted by Crippen LogP contribution is -2.16. The SMILES string of the molecule is CCC(Cc1onc(C)c1[N+](=O)[O-])C[N+](=O)[O-]. The molecule has 0 aliphatic rings. The molecule has 8 heteroatoms. The Kier molecular flexibility index (Phi) is 4.13. The van der Waals surface area contributed by atoms with Gasteiger partial charge in [-0.25, -0.2) is 0 Å². The maximum atomic E-state index is 10.8. The Labute approximate surface area is 96.9 Å². The van der Waals surface area contributed by atoms with Crippen LogP contribution in [-0.4, -0.2) is 21.5 Å². The van der Waals surface area contributed by atoms with Gasteiger partial charge in [-0.15, -0.1) is 0 Å². The summed E-state index contributed by atoms with van der Waals surface area (Å²) >= 11 is 0. The van der Waals surface area contributed by atoms with Crippen molar-refractivity contribution in [3.63, 3.8) is 0 Å². The molecule has 1 aromatic rings. The van der Waals surface area contributed by atoms with E-state index in [1.165, 1.54) is 6.92 Å². The summed E-state index contributed by atoms with van der Waals surface area (Å²) in [7, 11) is 0. The highest BCUT2D eigenvalue weighted by atomic mass is 16.6. The van der Waals surface area contributed by atoms with Crippen LogP contribution in [0, 0.1) is 33.1 Å². The number of hydrogen-bond donors (Lipinski definition) is 0. The Bertz CT molecular complexity index is 428. The third-order valence-electron chi connectivity index (χ3n) is 2.54. The fourth-order valence-electron chi connectivity index (χ4n) is 1.59. The molecule has 1 heterocycles. The number of aromatic nitrogens is 1. The normalized spacial score (nSPS) is 12.4. The van der Waals surface area contributed by atoms with Gasteiger partial charge < -0.3 is 4.52 Å². The molecule has 0 aliphatic carbocycles. The number of hydrogen-bond acceptors (Lipinski definition) is 6. The number of rotatable bonds is 6. The third kappa shape index (κ3) is 3.23. The second-order valence-electron chi connectivity index (χ2n) is 3.79. The van der Waals surface area contributed by atoms with Crippen LogP contribution >= 0.6 is 0 Å². The number of aryl methyl sites for hydroxylation is 1. The van der Waals surface area contributed by atoms with Crippen LogP contribution in [0.5, 0.6) is 0 Å². The molecule has 0 amide bonds. The van der Waals surface area contributed by atoms with Crippen LogP contribution in [0.1, 0.15) is 24.8 Å². The van der Waals surface area contributed by atoms with Crippen molar-refractivity contribution in [3.8, 4) is 0 Å². The first-order valence-corrected chi connectivity index (χ1v) is 5.17. The van der Waals surface area contributed by atoms with Crippen LogP contribution in [0.3, 0.4) is 0 Å². The van der Waals surface area contributed by atoms with Crippen LogP contribution in [0.4, 0.5) is 5.69 Å². The molecular weight excluding hydrogens is 230 g/mol. The van der Waals surface area contributed by atoms with Crippen molar-refractivity contribution in [1.82, 2.24) is 5.16 Å². The van der Waals surface area contributed by atoms with Gasteiger partial charge in [-0.2, -0.15) is 0 Å². The number of nitro groups is 2. The van der Waals surface area contributed by atoms with E-state index in [2.05, 4.69) is 5.16 Å². The van der Waals surface area contributed by atoms with Gasteiger partial charge in [0.2, 0.25) is 12.3 Å². The summed E-state index contributed by atoms with van der Waals surface area (Å²) in [6.07, 6.45) is 0.715. The van der Waals surface area contributed by atoms with E-state index in [0.29, 0.717) is 6.42 Å². The van der Waals surface area contributed by atoms with Crippen molar-refractivity contribution in [3.05, 3.63) is 31.7 Å². The summed E-state index contributed by atoms with van der Waals surface area (Å²) in [5.41, 5.74) is 0.0211. The van der Waals surface area contributed by atoms with Gasteiger partial charge >= 0.3 is 5.69 Å². The second kappa shape index (κ2) is 5.37. The minimum absolute atomic E-state index is 0.112. The van der Waals surface area contributed by atoms with Gasteiger partial charge in [0.05, 0.1) is 4.92 Å². The van der Waals surface area contributed by atoms with Crippen molar-refractivity contribution in [2.75, 3.05) is 6.54 Å². The van der Waals surface area contributed by atoms with Gasteiger partial charge in [-0.1, -0.05) is 12.1 Å². The van der Waals surface area contributed by atoms with Crippen molar-refractivity contribution in [2.45, 2.75) is 26.7 Å². The zero-order chi connectivity index (χ0) is 13.0. The van der Waals surface area contributed by atoms with E-state index < -0.39 is 9.85 Å². The Morgan fingerprint density at radius 1 is 1.41 bits per heavy atom. The molecule has 0 saturated heterocycles. The minimum atomic E-state index is -0.569. The smallest absolute Gasteiger partial charge is 0.334 e. The minimum Gasteiger partial charge on any atom is -0.354 e. The van der Waals surface area contributed by atoms with Crippen LogP contribution in [0.2, 0.25) is 0 Å². The van der Waals surface area contributed by atoms with Gasteiger partial charge in [0.15, 0.2) is 5.69 Å². The van der Waals surface area contributed by atoms with E-state index in [4.69, 9.17) is 4.52 Å². The first-order chi connectivity index (χ1) is 7.95. The lowest BCUT2D eigenvalue weighted by molar-refractivity contribution is -0.488. The van der Waals surface area contributed by atoms with E-state index in [9.17, 15) is 20.2 Å². The highest BCUT2D eigenvalue weighted by Gasteiger charge is 2.27. The third-order valence-corrected chi connectivity index (χ3v) is 2.54. The molecule has 1 atom stereocenters. The molecule has 0 aromatic carbocycles. The van der Waals surface area contributed by atoms with Crippen molar-refractivity contribution in [2.24, 2.45) is 5.92 Å². The fourth-order valence-corrected chi connectivity index (χ4v) is 1.59. The lowest BCUT2D eigenvalue weighted by Gasteiger charge is -2.06. The molecule has 0 saturated carbocycles. The van der Waals surface area contributed by atoms with Crippen molar-refractivity contribution in [1.29, 1.82) is 0 Å². The van der Waals surface area contributed by atoms with Crippen molar-refractivity contribution < 1.29 is 14.4 Å². The second-order valence-corrected chi connectivity index (χ2v) is 3.79. The molecule has 94 valence electrons. The topological polar surface area (TPSA) is 112 Å². The molecule has 0 aliphatic heterocycles. The number of nitrogens with zero attached hydrogens (tertiary/aromatic N) is 3. The molecule has 0 spiro atoms. The summed E-state index contributed by atoms with van der Waals surface area (Å²) in [5, 5.41) is 24.7. The molecule has 0 radical (unpaired) electrons. The van der Waals surface area contributed by atoms with Gasteiger partial charge in [-0.3, -0.25) is 20.2 Å². The Morgan fingerprint density at radius 2 is 2.06 bits per heavy atom. The average molecular weight is 243 g/mol. The van der Waals surface area contributed by atoms with E-state index in [1.54, 1.807) is 6.92 Å². The van der Waals surface area contributed by atoms with Gasteiger partial charge in [0.1, 0.15) is 0 Å². The van der Waals surface area contributed by atoms with Crippen molar-refractivity contribution >= 4 is 5.69 Å². The standard InChI is InChI=1S/C9H13N3O5/c1-3-7(5-11(13)14)4-8-9(12(15)16)6(2)10-17-8/h7H,3-5H2,1-2H3. The van der Waals surface area contributed by atoms with Gasteiger partial charge in [0, 0.05) is 17.3 Å².